The minimum absolute atomic E-state index is 0.00343. The Morgan fingerprint density at radius 1 is 1.03 bits per heavy atom. The molecule has 3 aromatic heterocycles. The van der Waals surface area contributed by atoms with Gasteiger partial charge in [0.2, 0.25) is 5.95 Å². The summed E-state index contributed by atoms with van der Waals surface area (Å²) in [6, 6.07) is 5.10. The highest BCUT2D eigenvalue weighted by Crippen LogP contribution is 2.67. The highest BCUT2D eigenvalue weighted by atomic mass is 19.1. The molecule has 5 nitrogen and oxygen atoms in total. The Morgan fingerprint density at radius 2 is 1.90 bits per heavy atom. The maximum atomic E-state index is 13.2. The zero-order valence-electron chi connectivity index (χ0n) is 15.8. The van der Waals surface area contributed by atoms with Gasteiger partial charge in [-0.05, 0) is 67.9 Å². The Balaban J connectivity index is 1.41. The number of aromatic amines is 1. The first kappa shape index (κ1) is 15.9. The third-order valence-electron chi connectivity index (χ3n) is 7.50. The number of hydrogen-bond acceptors (Lipinski definition) is 3. The second kappa shape index (κ2) is 4.93. The molecule has 3 aromatic rings. The first-order valence-electron chi connectivity index (χ1n) is 10.3. The van der Waals surface area contributed by atoms with Crippen LogP contribution in [-0.2, 0) is 18.3 Å². The van der Waals surface area contributed by atoms with Crippen LogP contribution in [0, 0.1) is 5.95 Å². The van der Waals surface area contributed by atoms with E-state index in [9.17, 15) is 9.18 Å². The number of nitrogens with one attached hydrogen (secondary N) is 2. The second-order valence-electron chi connectivity index (χ2n) is 8.94. The van der Waals surface area contributed by atoms with Crippen molar-refractivity contribution in [1.29, 1.82) is 0 Å². The average molecular weight is 386 g/mol. The molecule has 4 aliphatic rings. The molecule has 1 aliphatic heterocycles. The fourth-order valence-corrected chi connectivity index (χ4v) is 5.71. The number of carbonyl (C=O) groups is 1. The number of hydrogen-bond donors (Lipinski definition) is 2. The van der Waals surface area contributed by atoms with Crippen molar-refractivity contribution in [2.75, 3.05) is 0 Å². The van der Waals surface area contributed by atoms with Gasteiger partial charge in [0.05, 0.1) is 22.5 Å². The van der Waals surface area contributed by atoms with E-state index in [1.165, 1.54) is 23.5 Å². The Kier molecular flexibility index (Phi) is 2.69. The molecule has 144 valence electrons. The molecule has 0 unspecified atom stereocenters. The van der Waals surface area contributed by atoms with Crippen LogP contribution in [-0.4, -0.2) is 26.4 Å². The van der Waals surface area contributed by atoms with Gasteiger partial charge in [-0.1, -0.05) is 0 Å². The van der Waals surface area contributed by atoms with Crippen LogP contribution >= 0.6 is 0 Å². The second-order valence-corrected chi connectivity index (χ2v) is 8.94. The zero-order chi connectivity index (χ0) is 19.4. The number of nitrogens with zero attached hydrogens (tertiary/aromatic N) is 2. The number of aromatic nitrogens is 3. The summed E-state index contributed by atoms with van der Waals surface area (Å²) in [6.45, 7) is 0. The number of amides is 1. The monoisotopic (exact) mass is 386 g/mol. The maximum absolute atomic E-state index is 13.2. The number of rotatable bonds is 1. The van der Waals surface area contributed by atoms with Crippen molar-refractivity contribution in [3.05, 3.63) is 58.9 Å². The molecule has 2 fully saturated rings. The van der Waals surface area contributed by atoms with E-state index >= 15 is 0 Å². The first-order valence-corrected chi connectivity index (χ1v) is 10.3. The van der Waals surface area contributed by atoms with Crippen LogP contribution in [0.4, 0.5) is 4.39 Å². The van der Waals surface area contributed by atoms with Crippen molar-refractivity contribution in [2.45, 2.75) is 49.5 Å². The van der Waals surface area contributed by atoms with E-state index in [4.69, 9.17) is 0 Å². The van der Waals surface area contributed by atoms with Crippen molar-refractivity contribution in [3.63, 3.8) is 0 Å². The van der Waals surface area contributed by atoms with Crippen LogP contribution in [0.3, 0.4) is 0 Å². The predicted octanol–water partition coefficient (Wildman–Crippen LogP) is 3.68. The lowest BCUT2D eigenvalue weighted by Gasteiger charge is -2.33. The van der Waals surface area contributed by atoms with Gasteiger partial charge >= 0.3 is 0 Å². The Labute approximate surface area is 166 Å². The molecular formula is C23H19FN4O. The van der Waals surface area contributed by atoms with E-state index in [1.807, 2.05) is 6.20 Å². The van der Waals surface area contributed by atoms with Crippen LogP contribution in [0.25, 0.3) is 22.5 Å². The smallest absolute Gasteiger partial charge is 0.253 e. The lowest BCUT2D eigenvalue weighted by molar-refractivity contribution is 0.0898. The molecular weight excluding hydrogens is 367 g/mol. The number of carbonyl (C=O) groups excluding carboxylic acids is 1. The summed E-state index contributed by atoms with van der Waals surface area (Å²) in [5.74, 6) is -0.409. The van der Waals surface area contributed by atoms with Gasteiger partial charge < -0.3 is 10.3 Å². The van der Waals surface area contributed by atoms with Gasteiger partial charge in [0, 0.05) is 34.6 Å². The van der Waals surface area contributed by atoms with Crippen LogP contribution in [0.2, 0.25) is 0 Å². The quantitative estimate of drug-likeness (QED) is 0.627. The summed E-state index contributed by atoms with van der Waals surface area (Å²) in [5.41, 5.74) is 8.20. The predicted molar refractivity (Wildman–Crippen MR) is 105 cm³/mol. The van der Waals surface area contributed by atoms with Crippen LogP contribution < -0.4 is 5.32 Å². The summed E-state index contributed by atoms with van der Waals surface area (Å²) in [7, 11) is 0. The third-order valence-corrected chi connectivity index (χ3v) is 7.50. The number of fused-ring (bicyclic) bond motifs is 7. The molecule has 1 amide bonds. The summed E-state index contributed by atoms with van der Waals surface area (Å²) in [6.07, 6.45) is 9.61. The average Bonchev–Trinajstić information content (AvgIpc) is 3.64. The van der Waals surface area contributed by atoms with E-state index < -0.39 is 5.95 Å². The molecule has 2 saturated carbocycles. The molecule has 2 N–H and O–H groups in total. The number of pyridine rings is 2. The molecule has 3 aliphatic carbocycles. The van der Waals surface area contributed by atoms with Crippen molar-refractivity contribution >= 4 is 5.91 Å². The molecule has 0 atom stereocenters. The standard InChI is InChI=1S/C23H19FN4O/c24-17-4-2-13(11-26-17)16-9-15-12(10-25-16)1-3-14-18-20(27-19(14)15)22(5-6-22)23(7-8-23)28-21(18)29/h2,4,9-11,27H,1,3,5-8H2,(H,28,29). The van der Waals surface area contributed by atoms with E-state index in [-0.39, 0.29) is 16.9 Å². The van der Waals surface area contributed by atoms with Crippen LogP contribution in [0.5, 0.6) is 0 Å². The van der Waals surface area contributed by atoms with Gasteiger partial charge in [0.1, 0.15) is 0 Å². The lowest BCUT2D eigenvalue weighted by atomic mass is 9.81. The van der Waals surface area contributed by atoms with Crippen molar-refractivity contribution in [1.82, 2.24) is 20.3 Å². The molecule has 0 radical (unpaired) electrons. The largest absolute Gasteiger partial charge is 0.357 e. The van der Waals surface area contributed by atoms with Crippen LogP contribution in [0.15, 0.2) is 30.6 Å². The minimum Gasteiger partial charge on any atom is -0.357 e. The van der Waals surface area contributed by atoms with Crippen molar-refractivity contribution < 1.29 is 9.18 Å². The Morgan fingerprint density at radius 3 is 2.62 bits per heavy atom. The molecule has 4 heterocycles. The summed E-state index contributed by atoms with van der Waals surface area (Å²) < 4.78 is 13.2. The van der Waals surface area contributed by atoms with E-state index in [0.29, 0.717) is 0 Å². The molecule has 29 heavy (non-hydrogen) atoms. The highest BCUT2D eigenvalue weighted by Gasteiger charge is 2.70. The fourth-order valence-electron chi connectivity index (χ4n) is 5.71. The lowest BCUT2D eigenvalue weighted by Crippen LogP contribution is -2.51. The fraction of sp³-hybridized carbons (Fsp3) is 0.348. The topological polar surface area (TPSA) is 70.7 Å². The molecule has 7 rings (SSSR count). The van der Waals surface area contributed by atoms with Gasteiger partial charge in [-0.3, -0.25) is 9.78 Å². The number of aryl methyl sites for hydroxylation is 1. The third kappa shape index (κ3) is 1.92. The number of H-pyrrole nitrogens is 1. The van der Waals surface area contributed by atoms with Crippen molar-refractivity contribution in [3.8, 4) is 22.5 Å². The first-order chi connectivity index (χ1) is 14.1. The molecule has 6 heteroatoms. The minimum atomic E-state index is -0.499. The number of halogens is 1. The summed E-state index contributed by atoms with van der Waals surface area (Å²) in [4.78, 5) is 25.1. The van der Waals surface area contributed by atoms with Crippen molar-refractivity contribution in [2.24, 2.45) is 0 Å². The van der Waals surface area contributed by atoms with Gasteiger partial charge in [-0.25, -0.2) is 4.98 Å². The van der Waals surface area contributed by atoms with E-state index in [0.717, 1.165) is 72.2 Å². The summed E-state index contributed by atoms with van der Waals surface area (Å²) >= 11 is 0. The normalized spacial score (nSPS) is 21.3. The summed E-state index contributed by atoms with van der Waals surface area (Å²) in [5, 5.41) is 3.36. The Hall–Kier alpha value is -3.02. The molecule has 0 saturated heterocycles. The zero-order valence-corrected chi connectivity index (χ0v) is 15.8. The maximum Gasteiger partial charge on any atom is 0.253 e. The van der Waals surface area contributed by atoms with E-state index in [1.54, 1.807) is 6.07 Å². The SMILES string of the molecule is O=C1NC2(CC2)C2(CC2)c2[nH]c3c(c21)CCc1cnc(-c2ccc(F)nc2)cc1-3. The molecule has 0 aromatic carbocycles. The van der Waals surface area contributed by atoms with E-state index in [2.05, 4.69) is 26.3 Å². The molecule has 0 bridgehead atoms. The van der Waals surface area contributed by atoms with Crippen LogP contribution in [0.1, 0.15) is 52.9 Å². The van der Waals surface area contributed by atoms with Gasteiger partial charge in [-0.2, -0.15) is 4.39 Å². The van der Waals surface area contributed by atoms with Gasteiger partial charge in [0.25, 0.3) is 5.91 Å². The van der Waals surface area contributed by atoms with Gasteiger partial charge in [-0.15, -0.1) is 0 Å². The Bertz CT molecular complexity index is 1220. The van der Waals surface area contributed by atoms with Gasteiger partial charge in [0.15, 0.2) is 0 Å². The highest BCUT2D eigenvalue weighted by molar-refractivity contribution is 6.02. The molecule has 2 spiro atoms.